The summed E-state index contributed by atoms with van der Waals surface area (Å²) in [5.41, 5.74) is 0.0908. The van der Waals surface area contributed by atoms with Gasteiger partial charge in [0.1, 0.15) is 11.5 Å². The highest BCUT2D eigenvalue weighted by Crippen LogP contribution is 2.31. The van der Waals surface area contributed by atoms with Crippen LogP contribution in [0.5, 0.6) is 17.4 Å². The predicted molar refractivity (Wildman–Crippen MR) is 114 cm³/mol. The highest BCUT2D eigenvalue weighted by atomic mass is 19.4. The summed E-state index contributed by atoms with van der Waals surface area (Å²) in [5.74, 6) is -0.745. The lowest BCUT2D eigenvalue weighted by Gasteiger charge is -2.22. The average Bonchev–Trinajstić information content (AvgIpc) is 2.67. The molecule has 11 heteroatoms. The van der Waals surface area contributed by atoms with Crippen LogP contribution < -0.4 is 20.1 Å². The maximum Gasteiger partial charge on any atom is 0.573 e. The molecule has 1 aromatic carbocycles. The molecule has 2 rings (SSSR count). The SMILES string of the molecule is CC[C@@H](OC(=O)NC(C)(C)C)C(=O)Nc1ccc(Oc2ccc(C)c(OC(F)(F)F)c2)nc1. The molecule has 180 valence electrons. The number of alkyl halides is 3. The number of halogens is 3. The predicted octanol–water partition coefficient (Wildman–Crippen LogP) is 5.32. The molecule has 0 aliphatic heterocycles. The summed E-state index contributed by atoms with van der Waals surface area (Å²) in [5, 5.41) is 5.20. The Balaban J connectivity index is 2.00. The van der Waals surface area contributed by atoms with E-state index in [4.69, 9.17) is 9.47 Å². The van der Waals surface area contributed by atoms with E-state index in [1.807, 2.05) is 0 Å². The first-order valence-electron chi connectivity index (χ1n) is 10.1. The Morgan fingerprint density at radius 3 is 2.36 bits per heavy atom. The quantitative estimate of drug-likeness (QED) is 0.569. The van der Waals surface area contributed by atoms with Gasteiger partial charge >= 0.3 is 12.5 Å². The van der Waals surface area contributed by atoms with Crippen molar-refractivity contribution in [3.63, 3.8) is 0 Å². The van der Waals surface area contributed by atoms with E-state index in [1.165, 1.54) is 37.4 Å². The summed E-state index contributed by atoms with van der Waals surface area (Å²) < 4.78 is 52.1. The second-order valence-corrected chi connectivity index (χ2v) is 8.13. The smallest absolute Gasteiger partial charge is 0.439 e. The van der Waals surface area contributed by atoms with Gasteiger partial charge in [-0.1, -0.05) is 13.0 Å². The highest BCUT2D eigenvalue weighted by molar-refractivity contribution is 5.95. The molecule has 0 bridgehead atoms. The number of benzene rings is 1. The maximum absolute atomic E-state index is 12.5. The normalized spacial score (nSPS) is 12.5. The van der Waals surface area contributed by atoms with Crippen molar-refractivity contribution in [2.45, 2.75) is 59.0 Å². The second-order valence-electron chi connectivity index (χ2n) is 8.13. The van der Waals surface area contributed by atoms with Crippen molar-refractivity contribution in [1.29, 1.82) is 0 Å². The Bertz CT molecular complexity index is 973. The van der Waals surface area contributed by atoms with Gasteiger partial charge in [-0.2, -0.15) is 0 Å². The van der Waals surface area contributed by atoms with Crippen molar-refractivity contribution in [3.8, 4) is 17.4 Å². The molecule has 0 unspecified atom stereocenters. The van der Waals surface area contributed by atoms with Gasteiger partial charge in [-0.25, -0.2) is 9.78 Å². The molecule has 0 saturated heterocycles. The Morgan fingerprint density at radius 1 is 1.12 bits per heavy atom. The number of amides is 2. The van der Waals surface area contributed by atoms with E-state index in [9.17, 15) is 22.8 Å². The number of aromatic nitrogens is 1. The fourth-order valence-electron chi connectivity index (χ4n) is 2.52. The fraction of sp³-hybridized carbons (Fsp3) is 0.409. The summed E-state index contributed by atoms with van der Waals surface area (Å²) in [6.07, 6.45) is -4.99. The third-order valence-electron chi connectivity index (χ3n) is 4.00. The van der Waals surface area contributed by atoms with Gasteiger partial charge < -0.3 is 24.8 Å². The third kappa shape index (κ3) is 8.87. The van der Waals surface area contributed by atoms with Crippen LogP contribution in [0.2, 0.25) is 0 Å². The van der Waals surface area contributed by atoms with Crippen LogP contribution in [0.1, 0.15) is 39.7 Å². The van der Waals surface area contributed by atoms with E-state index in [1.54, 1.807) is 27.7 Å². The van der Waals surface area contributed by atoms with Crippen LogP contribution in [0.4, 0.5) is 23.7 Å². The zero-order chi connectivity index (χ0) is 24.8. The van der Waals surface area contributed by atoms with E-state index in [0.29, 0.717) is 5.69 Å². The lowest BCUT2D eigenvalue weighted by Crippen LogP contribution is -2.44. The Hall–Kier alpha value is -3.50. The lowest BCUT2D eigenvalue weighted by atomic mass is 10.1. The monoisotopic (exact) mass is 469 g/mol. The van der Waals surface area contributed by atoms with Gasteiger partial charge in [0.2, 0.25) is 5.88 Å². The summed E-state index contributed by atoms with van der Waals surface area (Å²) >= 11 is 0. The number of nitrogens with zero attached hydrogens (tertiary/aromatic N) is 1. The largest absolute Gasteiger partial charge is 0.573 e. The molecular formula is C22H26F3N3O5. The van der Waals surface area contributed by atoms with Crippen molar-refractivity contribution in [2.75, 3.05) is 5.32 Å². The molecule has 1 heterocycles. The van der Waals surface area contributed by atoms with E-state index in [-0.39, 0.29) is 29.4 Å². The van der Waals surface area contributed by atoms with E-state index in [2.05, 4.69) is 20.4 Å². The second kappa shape index (κ2) is 10.4. The number of carbonyl (C=O) groups is 2. The zero-order valence-electron chi connectivity index (χ0n) is 18.9. The number of carbonyl (C=O) groups excluding carboxylic acids is 2. The van der Waals surface area contributed by atoms with Crippen LogP contribution in [-0.4, -0.2) is 35.0 Å². The summed E-state index contributed by atoms with van der Waals surface area (Å²) in [7, 11) is 0. The van der Waals surface area contributed by atoms with Gasteiger partial charge in [-0.3, -0.25) is 4.79 Å². The summed E-state index contributed by atoms with van der Waals surface area (Å²) in [6.45, 7) is 8.52. The van der Waals surface area contributed by atoms with Gasteiger partial charge in [0.15, 0.2) is 6.10 Å². The molecule has 0 aliphatic carbocycles. The van der Waals surface area contributed by atoms with E-state index >= 15 is 0 Å². The molecule has 2 N–H and O–H groups in total. The maximum atomic E-state index is 12.5. The van der Waals surface area contributed by atoms with Crippen molar-refractivity contribution in [2.24, 2.45) is 0 Å². The van der Waals surface area contributed by atoms with Crippen LogP contribution in [0.15, 0.2) is 36.5 Å². The number of anilines is 1. The van der Waals surface area contributed by atoms with Crippen LogP contribution in [0, 0.1) is 6.92 Å². The minimum Gasteiger partial charge on any atom is -0.439 e. The molecule has 0 spiro atoms. The number of rotatable bonds is 7. The minimum atomic E-state index is -4.82. The first-order valence-corrected chi connectivity index (χ1v) is 10.1. The Morgan fingerprint density at radius 2 is 1.82 bits per heavy atom. The van der Waals surface area contributed by atoms with Gasteiger partial charge in [-0.15, -0.1) is 13.2 Å². The fourth-order valence-corrected chi connectivity index (χ4v) is 2.52. The molecule has 1 atom stereocenters. The summed E-state index contributed by atoms with van der Waals surface area (Å²) in [4.78, 5) is 28.4. The number of hydrogen-bond acceptors (Lipinski definition) is 6. The lowest BCUT2D eigenvalue weighted by molar-refractivity contribution is -0.274. The average molecular weight is 469 g/mol. The minimum absolute atomic E-state index is 0.0858. The standard InChI is InChI=1S/C22H26F3N3O5/c1-6-16(32-20(30)28-21(3,4)5)19(29)27-14-8-10-18(26-12-14)31-15-9-7-13(2)17(11-15)33-22(23,24)25/h7-12,16H,6H2,1-5H3,(H,27,29)(H,28,30)/t16-/m1/s1. The molecule has 33 heavy (non-hydrogen) atoms. The van der Waals surface area contributed by atoms with Crippen LogP contribution in [0.25, 0.3) is 0 Å². The van der Waals surface area contributed by atoms with Crippen LogP contribution >= 0.6 is 0 Å². The molecule has 8 nitrogen and oxygen atoms in total. The molecule has 0 fully saturated rings. The molecular weight excluding hydrogens is 443 g/mol. The number of aryl methyl sites for hydroxylation is 1. The topological polar surface area (TPSA) is 98.8 Å². The molecule has 0 aliphatic rings. The Labute approximate surface area is 189 Å². The molecule has 1 aromatic heterocycles. The van der Waals surface area contributed by atoms with Gasteiger partial charge in [0, 0.05) is 17.7 Å². The van der Waals surface area contributed by atoms with Crippen molar-refractivity contribution < 1.29 is 37.0 Å². The third-order valence-corrected chi connectivity index (χ3v) is 4.00. The number of ether oxygens (including phenoxy) is 3. The highest BCUT2D eigenvalue weighted by Gasteiger charge is 2.32. The van der Waals surface area contributed by atoms with Crippen molar-refractivity contribution in [3.05, 3.63) is 42.1 Å². The number of hydrogen-bond donors (Lipinski definition) is 2. The molecule has 2 amide bonds. The number of alkyl carbamates (subject to hydrolysis) is 1. The summed E-state index contributed by atoms with van der Waals surface area (Å²) in [6, 6.07) is 6.91. The number of pyridine rings is 1. The van der Waals surface area contributed by atoms with Crippen LogP contribution in [0.3, 0.4) is 0 Å². The zero-order valence-corrected chi connectivity index (χ0v) is 18.9. The van der Waals surface area contributed by atoms with Gasteiger partial charge in [0.05, 0.1) is 11.9 Å². The van der Waals surface area contributed by atoms with Crippen molar-refractivity contribution in [1.82, 2.24) is 10.3 Å². The molecule has 2 aromatic rings. The first kappa shape index (κ1) is 25.8. The van der Waals surface area contributed by atoms with Gasteiger partial charge in [0.25, 0.3) is 5.91 Å². The van der Waals surface area contributed by atoms with Crippen molar-refractivity contribution >= 4 is 17.7 Å². The van der Waals surface area contributed by atoms with Crippen LogP contribution in [-0.2, 0) is 9.53 Å². The molecule has 0 saturated carbocycles. The Kier molecular flexibility index (Phi) is 8.13. The van der Waals surface area contributed by atoms with E-state index in [0.717, 1.165) is 6.07 Å². The first-order chi connectivity index (χ1) is 15.3. The van der Waals surface area contributed by atoms with E-state index < -0.39 is 30.0 Å². The van der Waals surface area contributed by atoms with Gasteiger partial charge in [-0.05, 0) is 51.8 Å². The molecule has 0 radical (unpaired) electrons. The number of nitrogens with one attached hydrogen (secondary N) is 2.